The molecule has 0 saturated heterocycles. The number of hydrogen-bond acceptors (Lipinski definition) is 1. The second kappa shape index (κ2) is 5.81. The van der Waals surface area contributed by atoms with E-state index < -0.39 is 0 Å². The highest BCUT2D eigenvalue weighted by atomic mass is 14.3. The zero-order valence-electron chi connectivity index (χ0n) is 7.30. The highest BCUT2D eigenvalue weighted by Crippen LogP contribution is 2.15. The molecule has 0 spiro atoms. The first-order valence-corrected chi connectivity index (χ1v) is 4.10. The molecule has 0 aromatic rings. The zero-order chi connectivity index (χ0) is 8.69. The fourth-order valence-electron chi connectivity index (χ4n) is 1.08. The molecule has 2 atom stereocenters. The Kier molecular flexibility index (Phi) is 5.30. The third kappa shape index (κ3) is 4.45. The minimum atomic E-state index is 0.158. The molecule has 0 radical (unpaired) electrons. The molecule has 1 nitrogen and oxygen atoms in total. The lowest BCUT2D eigenvalue weighted by Gasteiger charge is -2.08. The molecule has 0 fully saturated rings. The molecule has 1 heteroatoms. The Morgan fingerprint density at radius 1 is 1.55 bits per heavy atom. The second-order valence-corrected chi connectivity index (χ2v) is 2.92. The van der Waals surface area contributed by atoms with Gasteiger partial charge in [-0.05, 0) is 12.8 Å². The number of hydrogen-bond donors (Lipinski definition) is 0. The van der Waals surface area contributed by atoms with E-state index in [1.54, 1.807) is 0 Å². The Morgan fingerprint density at radius 3 is 2.55 bits per heavy atom. The van der Waals surface area contributed by atoms with Gasteiger partial charge in [0.2, 0.25) is 0 Å². The van der Waals surface area contributed by atoms with Crippen molar-refractivity contribution in [3.8, 4) is 18.4 Å². The van der Waals surface area contributed by atoms with Gasteiger partial charge in [0, 0.05) is 11.8 Å². The van der Waals surface area contributed by atoms with Gasteiger partial charge in [-0.1, -0.05) is 20.3 Å². The molecular weight excluding hydrogens is 134 g/mol. The summed E-state index contributed by atoms with van der Waals surface area (Å²) in [5.41, 5.74) is 0. The Morgan fingerprint density at radius 2 is 2.18 bits per heavy atom. The van der Waals surface area contributed by atoms with E-state index in [0.29, 0.717) is 0 Å². The predicted octanol–water partition coefficient (Wildman–Crippen LogP) is 2.59. The number of nitriles is 1. The highest BCUT2D eigenvalue weighted by Gasteiger charge is 2.08. The Bertz CT molecular complexity index is 170. The van der Waals surface area contributed by atoms with Gasteiger partial charge in [0.1, 0.15) is 0 Å². The largest absolute Gasteiger partial charge is 0.198 e. The number of rotatable bonds is 4. The summed E-state index contributed by atoms with van der Waals surface area (Å²) in [7, 11) is 0. The van der Waals surface area contributed by atoms with Crippen LogP contribution in [0.1, 0.15) is 33.1 Å². The minimum absolute atomic E-state index is 0.158. The van der Waals surface area contributed by atoms with Crippen molar-refractivity contribution in [1.82, 2.24) is 0 Å². The van der Waals surface area contributed by atoms with Crippen molar-refractivity contribution in [2.24, 2.45) is 11.8 Å². The maximum Gasteiger partial charge on any atom is 0.0656 e. The summed E-state index contributed by atoms with van der Waals surface area (Å²) in [4.78, 5) is 0. The van der Waals surface area contributed by atoms with Gasteiger partial charge in [-0.25, -0.2) is 0 Å². The summed E-state index contributed by atoms with van der Waals surface area (Å²) >= 11 is 0. The van der Waals surface area contributed by atoms with Crippen LogP contribution in [0.4, 0.5) is 0 Å². The maximum absolute atomic E-state index is 8.68. The third-order valence-corrected chi connectivity index (χ3v) is 1.74. The minimum Gasteiger partial charge on any atom is -0.198 e. The van der Waals surface area contributed by atoms with E-state index >= 15 is 0 Å². The number of terminal acetylenes is 1. The van der Waals surface area contributed by atoms with Crippen LogP contribution in [0.25, 0.3) is 0 Å². The molecule has 11 heavy (non-hydrogen) atoms. The van der Waals surface area contributed by atoms with Crippen LogP contribution in [-0.2, 0) is 0 Å². The van der Waals surface area contributed by atoms with E-state index in [4.69, 9.17) is 11.7 Å². The van der Waals surface area contributed by atoms with E-state index in [9.17, 15) is 0 Å². The van der Waals surface area contributed by atoms with Crippen LogP contribution < -0.4 is 0 Å². The van der Waals surface area contributed by atoms with Crippen LogP contribution in [-0.4, -0.2) is 0 Å². The average Bonchev–Trinajstić information content (AvgIpc) is 2.03. The molecular formula is C10H15N. The lowest BCUT2D eigenvalue weighted by Crippen LogP contribution is -2.02. The second-order valence-electron chi connectivity index (χ2n) is 2.92. The van der Waals surface area contributed by atoms with Crippen LogP contribution in [0, 0.1) is 35.5 Å². The van der Waals surface area contributed by atoms with Gasteiger partial charge in [-0.15, -0.1) is 12.3 Å². The molecule has 0 bridgehead atoms. The van der Waals surface area contributed by atoms with Crippen molar-refractivity contribution in [2.75, 3.05) is 0 Å². The molecule has 0 aliphatic heterocycles. The molecule has 0 heterocycles. The molecule has 0 amide bonds. The lowest BCUT2D eigenvalue weighted by molar-refractivity contribution is 0.493. The lowest BCUT2D eigenvalue weighted by atomic mass is 9.94. The van der Waals surface area contributed by atoms with E-state index in [0.717, 1.165) is 19.3 Å². The van der Waals surface area contributed by atoms with Crippen molar-refractivity contribution in [3.63, 3.8) is 0 Å². The summed E-state index contributed by atoms with van der Waals surface area (Å²) in [5.74, 6) is 3.04. The van der Waals surface area contributed by atoms with E-state index in [-0.39, 0.29) is 11.8 Å². The first-order chi connectivity index (χ1) is 5.24. The van der Waals surface area contributed by atoms with E-state index in [1.165, 1.54) is 0 Å². The first-order valence-electron chi connectivity index (χ1n) is 4.10. The van der Waals surface area contributed by atoms with Crippen molar-refractivity contribution in [1.29, 1.82) is 5.26 Å². The quantitative estimate of drug-likeness (QED) is 0.563. The summed E-state index contributed by atoms with van der Waals surface area (Å²) in [6.45, 7) is 4.07. The third-order valence-electron chi connectivity index (χ3n) is 1.74. The molecule has 0 aromatic heterocycles. The first kappa shape index (κ1) is 10.0. The van der Waals surface area contributed by atoms with Crippen LogP contribution >= 0.6 is 0 Å². The maximum atomic E-state index is 8.68. The predicted molar refractivity (Wildman–Crippen MR) is 46.6 cm³/mol. The summed E-state index contributed by atoms with van der Waals surface area (Å²) in [6, 6.07) is 2.27. The summed E-state index contributed by atoms with van der Waals surface area (Å²) in [6.07, 6.45) is 8.10. The monoisotopic (exact) mass is 149 g/mol. The molecule has 0 aliphatic rings. The van der Waals surface area contributed by atoms with Gasteiger partial charge in [0.15, 0.2) is 0 Å². The molecule has 0 saturated carbocycles. The Labute approximate surface area is 69.4 Å². The molecule has 0 aliphatic carbocycles. The fraction of sp³-hybridized carbons (Fsp3) is 0.700. The van der Waals surface area contributed by atoms with Crippen molar-refractivity contribution >= 4 is 0 Å². The van der Waals surface area contributed by atoms with Crippen LogP contribution in [0.15, 0.2) is 0 Å². The van der Waals surface area contributed by atoms with Crippen molar-refractivity contribution in [3.05, 3.63) is 0 Å². The summed E-state index contributed by atoms with van der Waals surface area (Å²) in [5, 5.41) is 8.68. The fourth-order valence-corrected chi connectivity index (χ4v) is 1.08. The molecule has 60 valence electrons. The molecule has 0 rings (SSSR count). The SMILES string of the molecule is C#C[C@H](C)CC(C#N)CCC. The molecule has 1 unspecified atom stereocenters. The van der Waals surface area contributed by atoms with Crippen molar-refractivity contribution in [2.45, 2.75) is 33.1 Å². The number of nitrogens with zero attached hydrogens (tertiary/aromatic N) is 1. The van der Waals surface area contributed by atoms with E-state index in [2.05, 4.69) is 18.9 Å². The van der Waals surface area contributed by atoms with Crippen LogP contribution in [0.2, 0.25) is 0 Å². The Hall–Kier alpha value is -0.950. The van der Waals surface area contributed by atoms with Gasteiger partial charge in [-0.3, -0.25) is 0 Å². The Balaban J connectivity index is 3.72. The summed E-state index contributed by atoms with van der Waals surface area (Å²) < 4.78 is 0. The standard InChI is InChI=1S/C10H15N/c1-4-6-10(8-11)7-9(3)5-2/h2,9-10H,4,6-7H2,1,3H3/t9-,10?/m0/s1. The van der Waals surface area contributed by atoms with Gasteiger partial charge in [0.05, 0.1) is 6.07 Å². The van der Waals surface area contributed by atoms with Gasteiger partial charge >= 0.3 is 0 Å². The molecule has 0 N–H and O–H groups in total. The van der Waals surface area contributed by atoms with Crippen molar-refractivity contribution < 1.29 is 0 Å². The van der Waals surface area contributed by atoms with E-state index in [1.807, 2.05) is 6.92 Å². The normalized spacial score (nSPS) is 14.5. The van der Waals surface area contributed by atoms with Crippen LogP contribution in [0.5, 0.6) is 0 Å². The molecule has 0 aromatic carbocycles. The highest BCUT2D eigenvalue weighted by molar-refractivity contribution is 4.94. The van der Waals surface area contributed by atoms with Gasteiger partial charge in [0.25, 0.3) is 0 Å². The zero-order valence-corrected chi connectivity index (χ0v) is 7.30. The smallest absolute Gasteiger partial charge is 0.0656 e. The average molecular weight is 149 g/mol. The topological polar surface area (TPSA) is 23.8 Å². The van der Waals surface area contributed by atoms with Gasteiger partial charge < -0.3 is 0 Å². The van der Waals surface area contributed by atoms with Crippen LogP contribution in [0.3, 0.4) is 0 Å². The van der Waals surface area contributed by atoms with Gasteiger partial charge in [-0.2, -0.15) is 5.26 Å².